The average molecular weight is 406 g/mol. The van der Waals surface area contributed by atoms with Crippen molar-refractivity contribution in [2.24, 2.45) is 7.05 Å². The molecule has 3 aromatic rings. The summed E-state index contributed by atoms with van der Waals surface area (Å²) < 4.78 is 41.1. The minimum Gasteiger partial charge on any atom is -0.324 e. The zero-order valence-electron chi connectivity index (χ0n) is 15.8. The molecule has 1 N–H and O–H groups in total. The number of para-hydroxylation sites is 1. The molecule has 29 heavy (non-hydrogen) atoms. The van der Waals surface area contributed by atoms with Gasteiger partial charge in [0.1, 0.15) is 12.2 Å². The lowest BCUT2D eigenvalue weighted by molar-refractivity contribution is -0.137. The highest BCUT2D eigenvalue weighted by atomic mass is 19.4. The summed E-state index contributed by atoms with van der Waals surface area (Å²) in [6.07, 6.45) is -4.67. The average Bonchev–Trinajstić information content (AvgIpc) is 2.62. The van der Waals surface area contributed by atoms with Gasteiger partial charge in [0.25, 0.3) is 5.56 Å². The van der Waals surface area contributed by atoms with Gasteiger partial charge in [0.05, 0.1) is 16.6 Å². The smallest absolute Gasteiger partial charge is 0.324 e. The number of nitrogens with zero attached hydrogens (tertiary/aromatic N) is 3. The second kappa shape index (κ2) is 7.19. The first-order chi connectivity index (χ1) is 13.5. The molecule has 0 atom stereocenters. The van der Waals surface area contributed by atoms with E-state index < -0.39 is 41.1 Å². The molecule has 3 rings (SSSR count). The number of aryl methyl sites for hydroxylation is 3. The number of carbonyl (C=O) groups is 1. The fraction of sp³-hybridized carbons (Fsp3) is 0.263. The van der Waals surface area contributed by atoms with Gasteiger partial charge < -0.3 is 5.32 Å². The quantitative estimate of drug-likeness (QED) is 0.724. The van der Waals surface area contributed by atoms with Crippen molar-refractivity contribution >= 4 is 22.6 Å². The largest absolute Gasteiger partial charge is 0.418 e. The zero-order chi connectivity index (χ0) is 21.5. The molecule has 0 aliphatic carbocycles. The third kappa shape index (κ3) is 3.78. The highest BCUT2D eigenvalue weighted by Crippen LogP contribution is 2.34. The first-order valence-corrected chi connectivity index (χ1v) is 8.54. The van der Waals surface area contributed by atoms with Gasteiger partial charge in [-0.2, -0.15) is 13.2 Å². The molecule has 0 fully saturated rings. The highest BCUT2D eigenvalue weighted by molar-refractivity contribution is 5.91. The van der Waals surface area contributed by atoms with Crippen molar-refractivity contribution in [3.8, 4) is 0 Å². The highest BCUT2D eigenvalue weighted by Gasteiger charge is 2.33. The van der Waals surface area contributed by atoms with Crippen LogP contribution in [-0.2, 0) is 24.6 Å². The van der Waals surface area contributed by atoms with E-state index in [0.717, 1.165) is 16.7 Å². The SMILES string of the molecule is Cc1cc(C)c2c(=O)n(CC(=O)Nc3ccccc3C(F)(F)F)c(=O)n(C)c2n1. The van der Waals surface area contributed by atoms with Crippen LogP contribution in [0.15, 0.2) is 39.9 Å². The number of rotatable bonds is 3. The normalized spacial score (nSPS) is 11.7. The second-order valence-corrected chi connectivity index (χ2v) is 6.60. The number of halogens is 3. The van der Waals surface area contributed by atoms with E-state index in [4.69, 9.17) is 0 Å². The Morgan fingerprint density at radius 2 is 1.83 bits per heavy atom. The molecule has 2 aromatic heterocycles. The number of fused-ring (bicyclic) bond motifs is 1. The third-order valence-corrected chi connectivity index (χ3v) is 4.43. The van der Waals surface area contributed by atoms with E-state index in [9.17, 15) is 27.6 Å². The van der Waals surface area contributed by atoms with Gasteiger partial charge in [-0.15, -0.1) is 0 Å². The fourth-order valence-electron chi connectivity index (χ4n) is 3.13. The number of amides is 1. The third-order valence-electron chi connectivity index (χ3n) is 4.43. The van der Waals surface area contributed by atoms with Gasteiger partial charge in [-0.1, -0.05) is 12.1 Å². The first-order valence-electron chi connectivity index (χ1n) is 8.54. The minimum atomic E-state index is -4.67. The summed E-state index contributed by atoms with van der Waals surface area (Å²) in [5.41, 5.74) is -1.64. The lowest BCUT2D eigenvalue weighted by atomic mass is 10.1. The number of hydrogen-bond donors (Lipinski definition) is 1. The van der Waals surface area contributed by atoms with Gasteiger partial charge >= 0.3 is 11.9 Å². The lowest BCUT2D eigenvalue weighted by Gasteiger charge is -2.15. The number of carbonyl (C=O) groups excluding carboxylic acids is 1. The maximum absolute atomic E-state index is 13.1. The van der Waals surface area contributed by atoms with E-state index in [1.807, 2.05) is 0 Å². The number of aromatic nitrogens is 3. The molecule has 10 heteroatoms. The van der Waals surface area contributed by atoms with Crippen LogP contribution in [0, 0.1) is 13.8 Å². The summed E-state index contributed by atoms with van der Waals surface area (Å²) in [5.74, 6) is -0.932. The van der Waals surface area contributed by atoms with Crippen molar-refractivity contribution in [2.75, 3.05) is 5.32 Å². The molecule has 152 valence electrons. The van der Waals surface area contributed by atoms with Crippen molar-refractivity contribution in [3.05, 3.63) is 68.0 Å². The Hall–Kier alpha value is -3.43. The molecule has 1 aromatic carbocycles. The zero-order valence-corrected chi connectivity index (χ0v) is 15.8. The first kappa shape index (κ1) is 20.3. The summed E-state index contributed by atoms with van der Waals surface area (Å²) >= 11 is 0. The minimum absolute atomic E-state index is 0.168. The van der Waals surface area contributed by atoms with Crippen LogP contribution < -0.4 is 16.6 Å². The van der Waals surface area contributed by atoms with Crippen molar-refractivity contribution in [1.29, 1.82) is 0 Å². The van der Waals surface area contributed by atoms with Crippen LogP contribution in [0.2, 0.25) is 0 Å². The molecule has 7 nitrogen and oxygen atoms in total. The maximum atomic E-state index is 13.1. The van der Waals surface area contributed by atoms with Crippen LogP contribution in [0.3, 0.4) is 0 Å². The second-order valence-electron chi connectivity index (χ2n) is 6.60. The number of hydrogen-bond acceptors (Lipinski definition) is 4. The predicted octanol–water partition coefficient (Wildman–Crippen LogP) is 2.37. The van der Waals surface area contributed by atoms with E-state index >= 15 is 0 Å². The molecule has 0 spiro atoms. The Labute approximate surface area is 162 Å². The summed E-state index contributed by atoms with van der Waals surface area (Å²) in [7, 11) is 1.41. The van der Waals surface area contributed by atoms with E-state index in [-0.39, 0.29) is 11.0 Å². The van der Waals surface area contributed by atoms with Crippen LogP contribution >= 0.6 is 0 Å². The molecule has 0 radical (unpaired) electrons. The topological polar surface area (TPSA) is 86.0 Å². The molecule has 0 bridgehead atoms. The molecule has 0 unspecified atom stereocenters. The van der Waals surface area contributed by atoms with Gasteiger partial charge in [-0.3, -0.25) is 18.7 Å². The van der Waals surface area contributed by atoms with Crippen molar-refractivity contribution in [3.63, 3.8) is 0 Å². The molecule has 0 saturated carbocycles. The molecule has 0 aliphatic heterocycles. The Kier molecular flexibility index (Phi) is 5.04. The molecule has 1 amide bonds. The van der Waals surface area contributed by atoms with Gasteiger partial charge in [0.2, 0.25) is 5.91 Å². The molecule has 0 aliphatic rings. The fourth-order valence-corrected chi connectivity index (χ4v) is 3.13. The molecule has 2 heterocycles. The van der Waals surface area contributed by atoms with E-state index in [0.29, 0.717) is 15.8 Å². The summed E-state index contributed by atoms with van der Waals surface area (Å²) in [6.45, 7) is 2.65. The van der Waals surface area contributed by atoms with E-state index in [2.05, 4.69) is 10.3 Å². The van der Waals surface area contributed by atoms with Crippen molar-refractivity contribution < 1.29 is 18.0 Å². The van der Waals surface area contributed by atoms with Crippen LogP contribution in [0.1, 0.15) is 16.8 Å². The summed E-state index contributed by atoms with van der Waals surface area (Å²) in [4.78, 5) is 41.9. The number of anilines is 1. The van der Waals surface area contributed by atoms with Crippen molar-refractivity contribution in [2.45, 2.75) is 26.6 Å². The van der Waals surface area contributed by atoms with Crippen LogP contribution in [0.4, 0.5) is 18.9 Å². The Bertz CT molecular complexity index is 1240. The maximum Gasteiger partial charge on any atom is 0.418 e. The number of alkyl halides is 3. The number of pyridine rings is 1. The van der Waals surface area contributed by atoms with E-state index in [1.54, 1.807) is 19.9 Å². The Morgan fingerprint density at radius 3 is 2.48 bits per heavy atom. The molecular formula is C19H17F3N4O3. The van der Waals surface area contributed by atoms with Crippen molar-refractivity contribution in [1.82, 2.24) is 14.1 Å². The molecule has 0 saturated heterocycles. The van der Waals surface area contributed by atoms with E-state index in [1.165, 1.54) is 19.2 Å². The summed E-state index contributed by atoms with van der Waals surface area (Å²) in [6, 6.07) is 6.12. The monoisotopic (exact) mass is 406 g/mol. The number of nitrogens with one attached hydrogen (secondary N) is 1. The van der Waals surface area contributed by atoms with Gasteiger partial charge in [0, 0.05) is 12.7 Å². The van der Waals surface area contributed by atoms with Crippen LogP contribution in [0.25, 0.3) is 11.0 Å². The van der Waals surface area contributed by atoms with Crippen LogP contribution in [0.5, 0.6) is 0 Å². The standard InChI is InChI=1S/C19H17F3N4O3/c1-10-8-11(2)23-16-15(10)17(28)26(18(29)25(16)3)9-14(27)24-13-7-5-4-6-12(13)19(20,21)22/h4-8H,9H2,1-3H3,(H,24,27). The Morgan fingerprint density at radius 1 is 1.17 bits per heavy atom. The lowest BCUT2D eigenvalue weighted by Crippen LogP contribution is -2.42. The Balaban J connectivity index is 2.03. The number of benzene rings is 1. The van der Waals surface area contributed by atoms with Gasteiger partial charge in [-0.05, 0) is 37.6 Å². The van der Waals surface area contributed by atoms with Gasteiger partial charge in [0.15, 0.2) is 0 Å². The predicted molar refractivity (Wildman–Crippen MR) is 101 cm³/mol. The summed E-state index contributed by atoms with van der Waals surface area (Å²) in [5, 5.41) is 2.30. The van der Waals surface area contributed by atoms with Gasteiger partial charge in [-0.25, -0.2) is 9.78 Å². The molecular weight excluding hydrogens is 389 g/mol. The van der Waals surface area contributed by atoms with Crippen LogP contribution in [-0.4, -0.2) is 20.0 Å².